The Morgan fingerprint density at radius 1 is 1.03 bits per heavy atom. The smallest absolute Gasteiger partial charge is 0.253 e. The lowest BCUT2D eigenvalue weighted by Gasteiger charge is -2.28. The Bertz CT molecular complexity index is 1220. The van der Waals surface area contributed by atoms with E-state index < -0.39 is 0 Å². The quantitative estimate of drug-likeness (QED) is 0.604. The number of anilines is 1. The zero-order valence-electron chi connectivity index (χ0n) is 19.0. The van der Waals surface area contributed by atoms with Crippen LogP contribution in [-0.2, 0) is 0 Å². The van der Waals surface area contributed by atoms with Crippen LogP contribution in [0.4, 0.5) is 5.95 Å². The van der Waals surface area contributed by atoms with Gasteiger partial charge in [-0.2, -0.15) is 10.5 Å². The van der Waals surface area contributed by atoms with Crippen LogP contribution in [0.2, 0.25) is 0 Å². The summed E-state index contributed by atoms with van der Waals surface area (Å²) in [6.07, 6.45) is 5.88. The monoisotopic (exact) mass is 452 g/mol. The molecular weight excluding hydrogens is 428 g/mol. The lowest BCUT2D eigenvalue weighted by atomic mass is 9.98. The second-order valence-electron chi connectivity index (χ2n) is 8.35. The molecule has 9 heteroatoms. The number of benzene rings is 1. The molecule has 2 aromatic heterocycles. The minimum atomic E-state index is -0.211. The van der Waals surface area contributed by atoms with Crippen molar-refractivity contribution in [1.82, 2.24) is 25.2 Å². The second kappa shape index (κ2) is 10.1. The summed E-state index contributed by atoms with van der Waals surface area (Å²) in [6.45, 7) is 1.42. The SMILES string of the molecule is CN(C)c1ncc(C(c2ccc(C#N)cc2)N2CC[C@@H](NC(=O)c3ccc(C#N)nc3)C2)cn1. The predicted molar refractivity (Wildman–Crippen MR) is 126 cm³/mol. The van der Waals surface area contributed by atoms with Crippen LogP contribution in [-0.4, -0.2) is 59.0 Å². The van der Waals surface area contributed by atoms with E-state index >= 15 is 0 Å². The Kier molecular flexibility index (Phi) is 6.77. The number of carbonyl (C=O) groups excluding carboxylic acids is 1. The Hall–Kier alpha value is -4.34. The molecule has 3 heterocycles. The molecule has 1 aliphatic rings. The van der Waals surface area contributed by atoms with Crippen LogP contribution >= 0.6 is 0 Å². The number of nitrogens with one attached hydrogen (secondary N) is 1. The lowest BCUT2D eigenvalue weighted by molar-refractivity contribution is 0.0936. The average Bonchev–Trinajstić information content (AvgIpc) is 3.32. The number of hydrogen-bond acceptors (Lipinski definition) is 8. The molecule has 9 nitrogen and oxygen atoms in total. The van der Waals surface area contributed by atoms with Crippen LogP contribution in [0, 0.1) is 22.7 Å². The summed E-state index contributed by atoms with van der Waals surface area (Å²) in [5.74, 6) is 0.419. The standard InChI is InChI=1S/C25H24N8O/c1-32(2)25-29-14-20(15-30-25)23(18-5-3-17(11-26)4-6-18)33-10-9-22(16-33)31-24(34)19-7-8-21(12-27)28-13-19/h3-8,13-15,22-23H,9-10,16H2,1-2H3,(H,31,34)/t22-,23?/m1/s1. The van der Waals surface area contributed by atoms with Crippen molar-refractivity contribution in [1.29, 1.82) is 10.5 Å². The van der Waals surface area contributed by atoms with Crippen LogP contribution in [0.25, 0.3) is 0 Å². The summed E-state index contributed by atoms with van der Waals surface area (Å²) in [6, 6.07) is 14.6. The number of carbonyl (C=O) groups is 1. The van der Waals surface area contributed by atoms with Gasteiger partial charge in [-0.25, -0.2) is 15.0 Å². The van der Waals surface area contributed by atoms with Crippen LogP contribution < -0.4 is 10.2 Å². The van der Waals surface area contributed by atoms with E-state index in [0.29, 0.717) is 23.6 Å². The Morgan fingerprint density at radius 2 is 1.76 bits per heavy atom. The van der Waals surface area contributed by atoms with Crippen molar-refractivity contribution >= 4 is 11.9 Å². The molecule has 4 rings (SSSR count). The number of rotatable bonds is 6. The van der Waals surface area contributed by atoms with Crippen molar-refractivity contribution in [2.75, 3.05) is 32.1 Å². The molecule has 1 amide bonds. The Morgan fingerprint density at radius 3 is 2.35 bits per heavy atom. The molecule has 2 atom stereocenters. The highest BCUT2D eigenvalue weighted by atomic mass is 16.1. The summed E-state index contributed by atoms with van der Waals surface area (Å²) in [4.78, 5) is 29.8. The highest BCUT2D eigenvalue weighted by Gasteiger charge is 2.31. The van der Waals surface area contributed by atoms with Crippen LogP contribution in [0.3, 0.4) is 0 Å². The molecule has 1 aromatic carbocycles. The number of likely N-dealkylation sites (tertiary alicyclic amines) is 1. The van der Waals surface area contributed by atoms with Gasteiger partial charge in [-0.05, 0) is 36.2 Å². The van der Waals surface area contributed by atoms with Crippen molar-refractivity contribution in [2.45, 2.75) is 18.5 Å². The third kappa shape index (κ3) is 5.01. The fourth-order valence-electron chi connectivity index (χ4n) is 4.06. The minimum absolute atomic E-state index is 0.0361. The molecule has 0 aliphatic carbocycles. The summed E-state index contributed by atoms with van der Waals surface area (Å²) in [5.41, 5.74) is 3.27. The van der Waals surface area contributed by atoms with E-state index in [1.165, 1.54) is 12.3 Å². The van der Waals surface area contributed by atoms with Crippen molar-refractivity contribution < 1.29 is 4.79 Å². The first-order valence-corrected chi connectivity index (χ1v) is 10.9. The highest BCUT2D eigenvalue weighted by Crippen LogP contribution is 2.31. The van der Waals surface area contributed by atoms with E-state index in [-0.39, 0.29) is 23.7 Å². The molecule has 0 spiro atoms. The van der Waals surface area contributed by atoms with E-state index in [9.17, 15) is 10.1 Å². The number of aromatic nitrogens is 3. The molecular formula is C25H24N8O. The topological polar surface area (TPSA) is 122 Å². The third-order valence-corrected chi connectivity index (χ3v) is 5.79. The van der Waals surface area contributed by atoms with Gasteiger partial charge in [0.2, 0.25) is 5.95 Å². The number of pyridine rings is 1. The van der Waals surface area contributed by atoms with Gasteiger partial charge in [-0.15, -0.1) is 0 Å². The van der Waals surface area contributed by atoms with Gasteiger partial charge >= 0.3 is 0 Å². The zero-order chi connectivity index (χ0) is 24.1. The van der Waals surface area contributed by atoms with Gasteiger partial charge in [0.25, 0.3) is 5.91 Å². The van der Waals surface area contributed by atoms with Gasteiger partial charge in [0.15, 0.2) is 0 Å². The molecule has 3 aromatic rings. The van der Waals surface area contributed by atoms with E-state index in [1.807, 2.05) is 61.7 Å². The molecule has 170 valence electrons. The largest absolute Gasteiger partial charge is 0.348 e. The van der Waals surface area contributed by atoms with E-state index in [1.54, 1.807) is 6.07 Å². The molecule has 1 saturated heterocycles. The van der Waals surface area contributed by atoms with Crippen molar-refractivity contribution in [3.63, 3.8) is 0 Å². The van der Waals surface area contributed by atoms with Crippen LogP contribution in [0.15, 0.2) is 55.0 Å². The maximum absolute atomic E-state index is 12.7. The molecule has 0 bridgehead atoms. The summed E-state index contributed by atoms with van der Waals surface area (Å²) < 4.78 is 0. The van der Waals surface area contributed by atoms with E-state index in [4.69, 9.17) is 5.26 Å². The maximum atomic E-state index is 12.7. The molecule has 34 heavy (non-hydrogen) atoms. The fraction of sp³-hybridized carbons (Fsp3) is 0.280. The first-order valence-electron chi connectivity index (χ1n) is 10.9. The summed E-state index contributed by atoms with van der Waals surface area (Å²) in [5, 5.41) is 21.1. The van der Waals surface area contributed by atoms with Crippen LogP contribution in [0.5, 0.6) is 0 Å². The van der Waals surface area contributed by atoms with Crippen molar-refractivity contribution in [3.05, 3.63) is 82.9 Å². The Balaban J connectivity index is 1.53. The maximum Gasteiger partial charge on any atom is 0.253 e. The third-order valence-electron chi connectivity index (χ3n) is 5.79. The Labute approximate surface area is 198 Å². The van der Waals surface area contributed by atoms with Gasteiger partial charge in [0.05, 0.1) is 23.2 Å². The van der Waals surface area contributed by atoms with Gasteiger partial charge in [-0.1, -0.05) is 12.1 Å². The number of amides is 1. The lowest BCUT2D eigenvalue weighted by Crippen LogP contribution is -2.38. The molecule has 1 aliphatic heterocycles. The molecule has 0 saturated carbocycles. The van der Waals surface area contributed by atoms with Gasteiger partial charge < -0.3 is 10.2 Å². The summed E-state index contributed by atoms with van der Waals surface area (Å²) in [7, 11) is 3.79. The zero-order valence-corrected chi connectivity index (χ0v) is 19.0. The molecule has 1 fully saturated rings. The van der Waals surface area contributed by atoms with Crippen LogP contribution in [0.1, 0.15) is 45.2 Å². The van der Waals surface area contributed by atoms with E-state index in [2.05, 4.69) is 31.2 Å². The second-order valence-corrected chi connectivity index (χ2v) is 8.35. The molecule has 1 unspecified atom stereocenters. The van der Waals surface area contributed by atoms with Gasteiger partial charge in [0.1, 0.15) is 11.8 Å². The van der Waals surface area contributed by atoms with Crippen molar-refractivity contribution in [2.24, 2.45) is 0 Å². The number of hydrogen-bond donors (Lipinski definition) is 1. The highest BCUT2D eigenvalue weighted by molar-refractivity contribution is 5.94. The van der Waals surface area contributed by atoms with E-state index in [0.717, 1.165) is 24.1 Å². The number of nitrogens with zero attached hydrogens (tertiary/aromatic N) is 7. The van der Waals surface area contributed by atoms with Gasteiger partial charge in [-0.3, -0.25) is 9.69 Å². The first kappa shape index (κ1) is 22.8. The number of nitriles is 2. The van der Waals surface area contributed by atoms with Crippen molar-refractivity contribution in [3.8, 4) is 12.1 Å². The fourth-order valence-corrected chi connectivity index (χ4v) is 4.06. The first-order chi connectivity index (χ1) is 16.5. The summed E-state index contributed by atoms with van der Waals surface area (Å²) >= 11 is 0. The molecule has 0 radical (unpaired) electrons. The molecule has 1 N–H and O–H groups in total. The van der Waals surface area contributed by atoms with Gasteiger partial charge in [0, 0.05) is 57.4 Å². The average molecular weight is 453 g/mol. The predicted octanol–water partition coefficient (Wildman–Crippen LogP) is 2.27. The normalized spacial score (nSPS) is 16.3. The minimum Gasteiger partial charge on any atom is -0.348 e.